The molecule has 1 unspecified atom stereocenters. The van der Waals surface area contributed by atoms with E-state index in [9.17, 15) is 0 Å². The standard InChI is InChI=1S/C13H17N3O/c1-8-6-10(13(14)16-7-8)11(15-3)12-9(2)4-5-17-12/h4-7,11,15H,1-3H3,(H2,14,16). The maximum atomic E-state index is 5.93. The van der Waals surface area contributed by atoms with Gasteiger partial charge in [0.1, 0.15) is 11.6 Å². The Kier molecular flexibility index (Phi) is 3.15. The summed E-state index contributed by atoms with van der Waals surface area (Å²) in [4.78, 5) is 4.18. The van der Waals surface area contributed by atoms with Crippen molar-refractivity contribution >= 4 is 5.82 Å². The minimum absolute atomic E-state index is 0.0580. The van der Waals surface area contributed by atoms with E-state index in [1.165, 1.54) is 0 Å². The van der Waals surface area contributed by atoms with Crippen molar-refractivity contribution in [2.75, 3.05) is 12.8 Å². The first-order valence-corrected chi connectivity index (χ1v) is 5.56. The van der Waals surface area contributed by atoms with Gasteiger partial charge in [0.05, 0.1) is 12.3 Å². The lowest BCUT2D eigenvalue weighted by Gasteiger charge is -2.17. The number of furan rings is 1. The number of pyridine rings is 1. The molecule has 4 heteroatoms. The summed E-state index contributed by atoms with van der Waals surface area (Å²) in [6, 6.07) is 3.92. The average molecular weight is 231 g/mol. The Morgan fingerprint density at radius 2 is 2.18 bits per heavy atom. The van der Waals surface area contributed by atoms with E-state index in [0.717, 1.165) is 22.5 Å². The van der Waals surface area contributed by atoms with Crippen LogP contribution in [-0.4, -0.2) is 12.0 Å². The van der Waals surface area contributed by atoms with Crippen molar-refractivity contribution in [2.24, 2.45) is 0 Å². The number of nitrogens with zero attached hydrogens (tertiary/aromatic N) is 1. The Hall–Kier alpha value is -1.81. The summed E-state index contributed by atoms with van der Waals surface area (Å²) in [5.74, 6) is 1.41. The Morgan fingerprint density at radius 3 is 2.76 bits per heavy atom. The highest BCUT2D eigenvalue weighted by Crippen LogP contribution is 2.28. The SMILES string of the molecule is CNC(c1cc(C)cnc1N)c1occc1C. The van der Waals surface area contributed by atoms with Crippen LogP contribution in [0.1, 0.15) is 28.5 Å². The summed E-state index contributed by atoms with van der Waals surface area (Å²) < 4.78 is 5.52. The Morgan fingerprint density at radius 1 is 1.41 bits per heavy atom. The number of hydrogen-bond acceptors (Lipinski definition) is 4. The van der Waals surface area contributed by atoms with Crippen molar-refractivity contribution in [3.63, 3.8) is 0 Å². The summed E-state index contributed by atoms with van der Waals surface area (Å²) in [6.45, 7) is 4.01. The molecule has 4 nitrogen and oxygen atoms in total. The molecular formula is C13H17N3O. The Labute approximate surface area is 101 Å². The van der Waals surface area contributed by atoms with Crippen molar-refractivity contribution in [1.29, 1.82) is 0 Å². The zero-order chi connectivity index (χ0) is 12.4. The lowest BCUT2D eigenvalue weighted by Crippen LogP contribution is -2.20. The van der Waals surface area contributed by atoms with E-state index in [0.29, 0.717) is 5.82 Å². The van der Waals surface area contributed by atoms with Crippen LogP contribution in [0.5, 0.6) is 0 Å². The number of rotatable bonds is 3. The quantitative estimate of drug-likeness (QED) is 0.849. The second kappa shape index (κ2) is 4.59. The molecule has 90 valence electrons. The Bertz CT molecular complexity index is 519. The molecule has 2 aromatic rings. The van der Waals surface area contributed by atoms with Crippen LogP contribution in [0.25, 0.3) is 0 Å². The fraction of sp³-hybridized carbons (Fsp3) is 0.308. The van der Waals surface area contributed by atoms with Crippen molar-refractivity contribution in [1.82, 2.24) is 10.3 Å². The van der Waals surface area contributed by atoms with Crippen molar-refractivity contribution in [3.8, 4) is 0 Å². The molecule has 1 atom stereocenters. The zero-order valence-corrected chi connectivity index (χ0v) is 10.3. The van der Waals surface area contributed by atoms with E-state index in [-0.39, 0.29) is 6.04 Å². The van der Waals surface area contributed by atoms with Crippen LogP contribution in [0.2, 0.25) is 0 Å². The van der Waals surface area contributed by atoms with E-state index in [2.05, 4.69) is 10.3 Å². The van der Waals surface area contributed by atoms with Gasteiger partial charge in [0.15, 0.2) is 0 Å². The molecule has 0 radical (unpaired) electrons. The molecule has 2 aromatic heterocycles. The summed E-state index contributed by atoms with van der Waals surface area (Å²) >= 11 is 0. The highest BCUT2D eigenvalue weighted by molar-refractivity contribution is 5.46. The molecule has 0 aromatic carbocycles. The molecule has 0 spiro atoms. The minimum atomic E-state index is -0.0580. The fourth-order valence-electron chi connectivity index (χ4n) is 1.94. The van der Waals surface area contributed by atoms with E-state index in [1.807, 2.05) is 33.0 Å². The molecule has 0 amide bonds. The number of nitrogens with one attached hydrogen (secondary N) is 1. The van der Waals surface area contributed by atoms with E-state index in [1.54, 1.807) is 12.5 Å². The molecule has 0 fully saturated rings. The molecule has 0 saturated heterocycles. The van der Waals surface area contributed by atoms with Gasteiger partial charge in [-0.2, -0.15) is 0 Å². The molecule has 17 heavy (non-hydrogen) atoms. The van der Waals surface area contributed by atoms with Crippen molar-refractivity contribution < 1.29 is 4.42 Å². The topological polar surface area (TPSA) is 64.1 Å². The van der Waals surface area contributed by atoms with E-state index < -0.39 is 0 Å². The van der Waals surface area contributed by atoms with Crippen LogP contribution in [0.3, 0.4) is 0 Å². The van der Waals surface area contributed by atoms with Gasteiger partial charge in [-0.05, 0) is 44.2 Å². The van der Waals surface area contributed by atoms with Gasteiger partial charge in [-0.3, -0.25) is 0 Å². The molecule has 2 heterocycles. The highest BCUT2D eigenvalue weighted by Gasteiger charge is 2.20. The van der Waals surface area contributed by atoms with Crippen LogP contribution < -0.4 is 11.1 Å². The predicted octanol–water partition coefficient (Wildman–Crippen LogP) is 2.18. The van der Waals surface area contributed by atoms with E-state index >= 15 is 0 Å². The van der Waals surface area contributed by atoms with Crippen LogP contribution in [0.4, 0.5) is 5.82 Å². The lowest BCUT2D eigenvalue weighted by molar-refractivity contribution is 0.460. The third kappa shape index (κ3) is 2.17. The highest BCUT2D eigenvalue weighted by atomic mass is 16.3. The number of nitrogen functional groups attached to an aromatic ring is 1. The summed E-state index contributed by atoms with van der Waals surface area (Å²) in [5.41, 5.74) is 9.06. The minimum Gasteiger partial charge on any atom is -0.467 e. The first-order valence-electron chi connectivity index (χ1n) is 5.56. The second-order valence-corrected chi connectivity index (χ2v) is 4.18. The molecule has 0 aliphatic carbocycles. The third-order valence-corrected chi connectivity index (χ3v) is 2.85. The maximum absolute atomic E-state index is 5.93. The zero-order valence-electron chi connectivity index (χ0n) is 10.3. The van der Waals surface area contributed by atoms with Crippen molar-refractivity contribution in [2.45, 2.75) is 19.9 Å². The number of nitrogens with two attached hydrogens (primary N) is 1. The molecule has 3 N–H and O–H groups in total. The fourth-order valence-corrected chi connectivity index (χ4v) is 1.94. The lowest BCUT2D eigenvalue weighted by atomic mass is 10.0. The summed E-state index contributed by atoms with van der Waals surface area (Å²) in [6.07, 6.45) is 3.45. The van der Waals surface area contributed by atoms with Crippen molar-refractivity contribution in [3.05, 3.63) is 47.0 Å². The van der Waals surface area contributed by atoms with Gasteiger partial charge in [-0.25, -0.2) is 4.98 Å². The number of hydrogen-bond donors (Lipinski definition) is 2. The largest absolute Gasteiger partial charge is 0.467 e. The Balaban J connectivity index is 2.49. The molecule has 0 bridgehead atoms. The van der Waals surface area contributed by atoms with Gasteiger partial charge >= 0.3 is 0 Å². The number of aryl methyl sites for hydroxylation is 2. The second-order valence-electron chi connectivity index (χ2n) is 4.18. The van der Waals surface area contributed by atoms with Gasteiger partial charge in [0.2, 0.25) is 0 Å². The van der Waals surface area contributed by atoms with Crippen LogP contribution in [0, 0.1) is 13.8 Å². The van der Waals surface area contributed by atoms with Gasteiger partial charge in [0, 0.05) is 11.8 Å². The smallest absolute Gasteiger partial charge is 0.128 e. The molecule has 0 aliphatic rings. The van der Waals surface area contributed by atoms with Gasteiger partial charge in [-0.15, -0.1) is 0 Å². The first kappa shape index (κ1) is 11.7. The number of anilines is 1. The molecule has 2 rings (SSSR count). The van der Waals surface area contributed by atoms with Crippen LogP contribution >= 0.6 is 0 Å². The summed E-state index contributed by atoms with van der Waals surface area (Å²) in [5, 5.41) is 3.22. The first-order chi connectivity index (χ1) is 8.13. The molecule has 0 aliphatic heterocycles. The molecular weight excluding hydrogens is 214 g/mol. The van der Waals surface area contributed by atoms with Gasteiger partial charge in [-0.1, -0.05) is 0 Å². The summed E-state index contributed by atoms with van der Waals surface area (Å²) in [7, 11) is 1.88. The van der Waals surface area contributed by atoms with E-state index in [4.69, 9.17) is 10.2 Å². The normalized spacial score (nSPS) is 12.6. The monoisotopic (exact) mass is 231 g/mol. The van der Waals surface area contributed by atoms with Crippen LogP contribution in [0.15, 0.2) is 29.0 Å². The number of aromatic nitrogens is 1. The van der Waals surface area contributed by atoms with Gasteiger partial charge < -0.3 is 15.5 Å². The van der Waals surface area contributed by atoms with Crippen LogP contribution in [-0.2, 0) is 0 Å². The molecule has 0 saturated carbocycles. The predicted molar refractivity (Wildman–Crippen MR) is 67.7 cm³/mol. The van der Waals surface area contributed by atoms with Gasteiger partial charge in [0.25, 0.3) is 0 Å². The third-order valence-electron chi connectivity index (χ3n) is 2.85. The average Bonchev–Trinajstić information content (AvgIpc) is 2.71. The maximum Gasteiger partial charge on any atom is 0.128 e.